The Bertz CT molecular complexity index is 316. The van der Waals surface area contributed by atoms with Gasteiger partial charge in [0.25, 0.3) is 0 Å². The minimum Gasteiger partial charge on any atom is -0.355 e. The highest BCUT2D eigenvalue weighted by molar-refractivity contribution is 5.80. The summed E-state index contributed by atoms with van der Waals surface area (Å²) in [5, 5.41) is 15.8. The van der Waals surface area contributed by atoms with Crippen molar-refractivity contribution in [2.75, 3.05) is 6.54 Å². The number of likely N-dealkylation sites (tertiary alicyclic amines) is 1. The van der Waals surface area contributed by atoms with E-state index in [4.69, 9.17) is 5.41 Å². The summed E-state index contributed by atoms with van der Waals surface area (Å²) < 4.78 is 0. The average molecular weight is 179 g/mol. The normalized spacial score (nSPS) is 17.0. The van der Waals surface area contributed by atoms with Crippen molar-refractivity contribution >= 4 is 5.84 Å². The first-order valence-electron chi connectivity index (χ1n) is 4.43. The van der Waals surface area contributed by atoms with Crippen molar-refractivity contribution in [1.29, 1.82) is 5.41 Å². The van der Waals surface area contributed by atoms with Gasteiger partial charge >= 0.3 is 0 Å². The second-order valence-electron chi connectivity index (χ2n) is 3.30. The molecule has 1 aliphatic heterocycles. The molecule has 0 radical (unpaired) electrons. The van der Waals surface area contributed by atoms with Gasteiger partial charge in [-0.1, -0.05) is 0 Å². The molecule has 0 aromatic carbocycles. The summed E-state index contributed by atoms with van der Waals surface area (Å²) in [6, 6.07) is 0. The third-order valence-electron chi connectivity index (χ3n) is 2.22. The molecule has 5 heteroatoms. The van der Waals surface area contributed by atoms with E-state index < -0.39 is 0 Å². The van der Waals surface area contributed by atoms with Gasteiger partial charge in [-0.3, -0.25) is 5.41 Å². The van der Waals surface area contributed by atoms with Gasteiger partial charge in [0.05, 0.1) is 18.6 Å². The van der Waals surface area contributed by atoms with Crippen LogP contribution in [0.5, 0.6) is 0 Å². The number of aryl methyl sites for hydroxylation is 1. The molecule has 0 unspecified atom stereocenters. The molecule has 1 aromatic heterocycles. The summed E-state index contributed by atoms with van der Waals surface area (Å²) in [7, 11) is 1.80. The van der Waals surface area contributed by atoms with Gasteiger partial charge in [0.2, 0.25) is 0 Å². The third-order valence-corrected chi connectivity index (χ3v) is 2.22. The van der Waals surface area contributed by atoms with Crippen molar-refractivity contribution < 1.29 is 0 Å². The lowest BCUT2D eigenvalue weighted by Crippen LogP contribution is -2.23. The first kappa shape index (κ1) is 8.22. The molecule has 1 aromatic rings. The van der Waals surface area contributed by atoms with E-state index in [2.05, 4.69) is 10.2 Å². The highest BCUT2D eigenvalue weighted by Gasteiger charge is 2.17. The highest BCUT2D eigenvalue weighted by Crippen LogP contribution is 2.12. The lowest BCUT2D eigenvalue weighted by molar-refractivity contribution is 0.436. The zero-order chi connectivity index (χ0) is 9.26. The number of nitrogens with one attached hydrogen (secondary N) is 1. The maximum atomic E-state index is 7.63. The molecular weight excluding hydrogens is 166 g/mol. The zero-order valence-electron chi connectivity index (χ0n) is 7.69. The van der Waals surface area contributed by atoms with Crippen LogP contribution < -0.4 is 0 Å². The van der Waals surface area contributed by atoms with Gasteiger partial charge in [0.15, 0.2) is 0 Å². The van der Waals surface area contributed by atoms with Crippen LogP contribution in [0.15, 0.2) is 6.20 Å². The lowest BCUT2D eigenvalue weighted by atomic mass is 10.4. The Hall–Kier alpha value is -1.39. The molecular formula is C8H13N5. The van der Waals surface area contributed by atoms with Crippen LogP contribution in [0.1, 0.15) is 18.5 Å². The van der Waals surface area contributed by atoms with E-state index in [1.807, 2.05) is 4.90 Å². The Morgan fingerprint density at radius 3 is 3.00 bits per heavy atom. The molecule has 0 amide bonds. The van der Waals surface area contributed by atoms with Gasteiger partial charge in [-0.15, -0.1) is 0 Å². The number of nitrogens with zero attached hydrogens (tertiary/aromatic N) is 4. The fourth-order valence-corrected chi connectivity index (χ4v) is 1.56. The maximum Gasteiger partial charge on any atom is 0.102 e. The van der Waals surface area contributed by atoms with Crippen molar-refractivity contribution in [1.82, 2.24) is 19.9 Å². The molecule has 5 nitrogen and oxygen atoms in total. The number of hydrogen-bond donors (Lipinski definition) is 1. The van der Waals surface area contributed by atoms with Crippen LogP contribution in [0.3, 0.4) is 0 Å². The Kier molecular flexibility index (Phi) is 2.00. The molecule has 1 saturated heterocycles. The van der Waals surface area contributed by atoms with Crippen LogP contribution in [0, 0.1) is 5.41 Å². The Morgan fingerprint density at radius 2 is 2.46 bits per heavy atom. The molecule has 2 rings (SSSR count). The minimum atomic E-state index is 0.727. The third kappa shape index (κ3) is 1.68. The summed E-state index contributed by atoms with van der Waals surface area (Å²) in [6.07, 6.45) is 3.75. The van der Waals surface area contributed by atoms with Crippen LogP contribution >= 0.6 is 0 Å². The number of hydrogen-bond acceptors (Lipinski definition) is 3. The molecule has 0 atom stereocenters. The first-order chi connectivity index (χ1) is 6.25. The maximum absolute atomic E-state index is 7.63. The fraction of sp³-hybridized carbons (Fsp3) is 0.625. The van der Waals surface area contributed by atoms with Crippen molar-refractivity contribution in [3.63, 3.8) is 0 Å². The summed E-state index contributed by atoms with van der Waals surface area (Å²) in [5.41, 5.74) is 0.939. The molecule has 1 fully saturated rings. The molecule has 2 heterocycles. The van der Waals surface area contributed by atoms with Crippen LogP contribution in [0.2, 0.25) is 0 Å². The minimum absolute atomic E-state index is 0.727. The molecule has 0 bridgehead atoms. The molecule has 13 heavy (non-hydrogen) atoms. The molecule has 70 valence electrons. The first-order valence-corrected chi connectivity index (χ1v) is 4.43. The van der Waals surface area contributed by atoms with Gasteiger partial charge in [-0.25, -0.2) is 0 Å². The molecule has 0 saturated carbocycles. The van der Waals surface area contributed by atoms with Crippen molar-refractivity contribution in [2.45, 2.75) is 19.4 Å². The predicted molar refractivity (Wildman–Crippen MR) is 48.4 cm³/mol. The van der Waals surface area contributed by atoms with E-state index >= 15 is 0 Å². The summed E-state index contributed by atoms with van der Waals surface area (Å²) >= 11 is 0. The van der Waals surface area contributed by atoms with Gasteiger partial charge in [0, 0.05) is 20.0 Å². The summed E-state index contributed by atoms with van der Waals surface area (Å²) in [4.78, 5) is 3.60. The smallest absolute Gasteiger partial charge is 0.102 e. The highest BCUT2D eigenvalue weighted by atomic mass is 15.5. The number of rotatable bonds is 2. The summed E-state index contributed by atoms with van der Waals surface area (Å²) in [6.45, 7) is 1.71. The molecule has 0 aliphatic carbocycles. The van der Waals surface area contributed by atoms with Gasteiger partial charge in [-0.05, 0) is 6.42 Å². The number of amidine groups is 1. The van der Waals surface area contributed by atoms with Gasteiger partial charge in [-0.2, -0.15) is 15.0 Å². The SMILES string of the molecule is Cn1ncc(CN2CCCC2=N)n1. The Labute approximate surface area is 76.9 Å². The van der Waals surface area contributed by atoms with E-state index in [1.165, 1.54) is 0 Å². The number of aromatic nitrogens is 3. The Morgan fingerprint density at radius 1 is 1.62 bits per heavy atom. The lowest BCUT2D eigenvalue weighted by Gasteiger charge is -2.15. The van der Waals surface area contributed by atoms with Crippen molar-refractivity contribution in [2.24, 2.45) is 7.05 Å². The second-order valence-corrected chi connectivity index (χ2v) is 3.30. The van der Waals surface area contributed by atoms with E-state index in [9.17, 15) is 0 Å². The second kappa shape index (κ2) is 3.16. The van der Waals surface area contributed by atoms with E-state index in [-0.39, 0.29) is 0 Å². The van der Waals surface area contributed by atoms with Crippen molar-refractivity contribution in [3.05, 3.63) is 11.9 Å². The van der Waals surface area contributed by atoms with Crippen LogP contribution in [-0.2, 0) is 13.6 Å². The zero-order valence-corrected chi connectivity index (χ0v) is 7.69. The van der Waals surface area contributed by atoms with Crippen LogP contribution in [0.4, 0.5) is 0 Å². The van der Waals surface area contributed by atoms with E-state index in [0.29, 0.717) is 0 Å². The fourth-order valence-electron chi connectivity index (χ4n) is 1.56. The van der Waals surface area contributed by atoms with E-state index in [0.717, 1.165) is 37.5 Å². The standard InChI is InChI=1S/C8H13N5/c1-12-10-5-7(11-12)6-13-4-2-3-8(13)9/h5,9H,2-4,6H2,1H3. The van der Waals surface area contributed by atoms with Gasteiger partial charge in [0.1, 0.15) is 5.69 Å². The van der Waals surface area contributed by atoms with Crippen molar-refractivity contribution in [3.8, 4) is 0 Å². The molecule has 1 aliphatic rings. The topological polar surface area (TPSA) is 57.8 Å². The summed E-state index contributed by atoms with van der Waals surface area (Å²) in [5.74, 6) is 0.727. The largest absolute Gasteiger partial charge is 0.355 e. The van der Waals surface area contributed by atoms with E-state index in [1.54, 1.807) is 18.0 Å². The van der Waals surface area contributed by atoms with Gasteiger partial charge < -0.3 is 4.90 Å². The Balaban J connectivity index is 2.01. The van der Waals surface area contributed by atoms with Crippen LogP contribution in [-0.4, -0.2) is 32.3 Å². The molecule has 1 N–H and O–H groups in total. The predicted octanol–water partition coefficient (Wildman–Crippen LogP) is 0.388. The monoisotopic (exact) mass is 179 g/mol. The quantitative estimate of drug-likeness (QED) is 0.714. The molecule has 0 spiro atoms. The average Bonchev–Trinajstić information content (AvgIpc) is 2.64. The van der Waals surface area contributed by atoms with Crippen LogP contribution in [0.25, 0.3) is 0 Å².